The van der Waals surface area contributed by atoms with Crippen LogP contribution >= 0.6 is 0 Å². The molecule has 2 aromatic carbocycles. The van der Waals surface area contributed by atoms with Crippen LogP contribution in [-0.2, 0) is 24.9 Å². The highest BCUT2D eigenvalue weighted by atomic mass is 32.2. The first-order valence-electron chi connectivity index (χ1n) is 8.30. The molecule has 1 aliphatic heterocycles. The Morgan fingerprint density at radius 2 is 1.31 bits per heavy atom. The highest BCUT2D eigenvalue weighted by molar-refractivity contribution is 7.89. The molecule has 158 valence electrons. The zero-order valence-corrected chi connectivity index (χ0v) is 16.4. The Labute approximate surface area is 165 Å². The fraction of sp³-hybridized carbons (Fsp3) is 0.294. The Bertz CT molecular complexity index is 1060. The highest BCUT2D eigenvalue weighted by Crippen LogP contribution is 2.29. The summed E-state index contributed by atoms with van der Waals surface area (Å²) in [5.74, 6) is -0.488. The quantitative estimate of drug-likeness (QED) is 0.513. The van der Waals surface area contributed by atoms with E-state index < -0.39 is 31.4 Å². The van der Waals surface area contributed by atoms with Gasteiger partial charge >= 0.3 is 15.6 Å². The Balaban J connectivity index is 1.77. The summed E-state index contributed by atoms with van der Waals surface area (Å²) < 4.78 is 94.8. The molecule has 1 saturated heterocycles. The average molecular weight is 451 g/mol. The van der Waals surface area contributed by atoms with Crippen molar-refractivity contribution in [2.75, 3.05) is 26.3 Å². The van der Waals surface area contributed by atoms with Gasteiger partial charge in [0.1, 0.15) is 5.75 Å². The molecule has 1 heterocycles. The van der Waals surface area contributed by atoms with Crippen molar-refractivity contribution in [1.29, 1.82) is 0 Å². The van der Waals surface area contributed by atoms with Gasteiger partial charge in [-0.15, -0.1) is 0 Å². The van der Waals surface area contributed by atoms with E-state index in [4.69, 9.17) is 4.74 Å². The molecule has 2 aromatic rings. The molecule has 0 unspecified atom stereocenters. The van der Waals surface area contributed by atoms with E-state index >= 15 is 0 Å². The smallest absolute Gasteiger partial charge is 0.379 e. The molecule has 0 N–H and O–H groups in total. The van der Waals surface area contributed by atoms with E-state index in [1.165, 1.54) is 28.6 Å². The Hall–Kier alpha value is -2.15. The summed E-state index contributed by atoms with van der Waals surface area (Å²) in [7, 11) is -9.38. The molecule has 0 aromatic heterocycles. The van der Waals surface area contributed by atoms with E-state index in [-0.39, 0.29) is 18.0 Å². The van der Waals surface area contributed by atoms with Crippen molar-refractivity contribution < 1.29 is 38.9 Å². The van der Waals surface area contributed by atoms with E-state index in [0.29, 0.717) is 24.3 Å². The third-order valence-corrected chi connectivity index (χ3v) is 7.03. The molecule has 0 amide bonds. The minimum Gasteiger partial charge on any atom is -0.379 e. The lowest BCUT2D eigenvalue weighted by Crippen LogP contribution is -2.40. The van der Waals surface area contributed by atoms with E-state index in [1.807, 2.05) is 0 Å². The van der Waals surface area contributed by atoms with Crippen molar-refractivity contribution in [3.63, 3.8) is 0 Å². The average Bonchev–Trinajstić information content (AvgIpc) is 2.68. The van der Waals surface area contributed by atoms with Gasteiger partial charge in [-0.3, -0.25) is 0 Å². The summed E-state index contributed by atoms with van der Waals surface area (Å²) in [5, 5.41) is 0. The van der Waals surface area contributed by atoms with Crippen LogP contribution in [0.5, 0.6) is 5.75 Å². The maximum atomic E-state index is 12.6. The summed E-state index contributed by atoms with van der Waals surface area (Å²) in [6.07, 6.45) is 0. The lowest BCUT2D eigenvalue weighted by molar-refractivity contribution is -0.0500. The molecule has 3 rings (SSSR count). The number of rotatable bonds is 5. The zero-order valence-electron chi connectivity index (χ0n) is 14.8. The van der Waals surface area contributed by atoms with Crippen LogP contribution in [0.1, 0.15) is 0 Å². The van der Waals surface area contributed by atoms with Gasteiger partial charge in [0, 0.05) is 13.1 Å². The van der Waals surface area contributed by atoms with Crippen LogP contribution in [0.25, 0.3) is 11.1 Å². The molecule has 0 bridgehead atoms. The number of sulfonamides is 1. The number of ether oxygens (including phenoxy) is 1. The van der Waals surface area contributed by atoms with Crippen LogP contribution in [0, 0.1) is 0 Å². The van der Waals surface area contributed by atoms with Gasteiger partial charge in [-0.25, -0.2) is 8.42 Å². The second-order valence-electron chi connectivity index (χ2n) is 6.05. The molecule has 0 spiro atoms. The predicted molar refractivity (Wildman–Crippen MR) is 97.1 cm³/mol. The van der Waals surface area contributed by atoms with E-state index in [2.05, 4.69) is 4.18 Å². The normalized spacial score (nSPS) is 16.5. The molecule has 0 radical (unpaired) electrons. The second-order valence-corrected chi connectivity index (χ2v) is 9.52. The first-order chi connectivity index (χ1) is 13.5. The molecule has 1 aliphatic rings. The van der Waals surface area contributed by atoms with Crippen molar-refractivity contribution in [3.8, 4) is 16.9 Å². The van der Waals surface area contributed by atoms with Crippen molar-refractivity contribution >= 4 is 20.1 Å². The topological polar surface area (TPSA) is 90.0 Å². The molecule has 0 aliphatic carbocycles. The van der Waals surface area contributed by atoms with Gasteiger partial charge in [-0.2, -0.15) is 25.9 Å². The van der Waals surface area contributed by atoms with Crippen LogP contribution in [0.15, 0.2) is 53.4 Å². The fourth-order valence-corrected chi connectivity index (χ4v) is 4.50. The zero-order chi connectivity index (χ0) is 21.3. The summed E-state index contributed by atoms with van der Waals surface area (Å²) in [6.45, 7) is 1.20. The first-order valence-corrected chi connectivity index (χ1v) is 11.1. The maximum Gasteiger partial charge on any atom is 0.534 e. The third kappa shape index (κ3) is 4.71. The van der Waals surface area contributed by atoms with Crippen LogP contribution in [0.4, 0.5) is 13.2 Å². The fourth-order valence-electron chi connectivity index (χ4n) is 2.63. The summed E-state index contributed by atoms with van der Waals surface area (Å²) >= 11 is 0. The number of benzene rings is 2. The van der Waals surface area contributed by atoms with E-state index in [0.717, 1.165) is 12.1 Å². The monoisotopic (exact) mass is 451 g/mol. The molecule has 12 heteroatoms. The SMILES string of the molecule is O=S(=O)(c1ccc(-c2ccc(OS(=O)(=O)C(F)(F)F)cc2)cc1)N1CCOCC1. The van der Waals surface area contributed by atoms with Gasteiger partial charge in [0.15, 0.2) is 0 Å². The summed E-state index contributed by atoms with van der Waals surface area (Å²) in [6, 6.07) is 10.9. The first kappa shape index (κ1) is 21.6. The molecular weight excluding hydrogens is 435 g/mol. The number of alkyl halides is 3. The second kappa shape index (κ2) is 7.94. The van der Waals surface area contributed by atoms with Crippen molar-refractivity contribution in [2.45, 2.75) is 10.4 Å². The van der Waals surface area contributed by atoms with Gasteiger partial charge < -0.3 is 8.92 Å². The molecule has 7 nitrogen and oxygen atoms in total. The Kier molecular flexibility index (Phi) is 5.90. The van der Waals surface area contributed by atoms with Gasteiger partial charge in [0.05, 0.1) is 18.1 Å². The lowest BCUT2D eigenvalue weighted by Gasteiger charge is -2.26. The van der Waals surface area contributed by atoms with Crippen molar-refractivity contribution in [1.82, 2.24) is 4.31 Å². The number of hydrogen-bond acceptors (Lipinski definition) is 6. The predicted octanol–water partition coefficient (Wildman–Crippen LogP) is 2.60. The maximum absolute atomic E-state index is 12.6. The van der Waals surface area contributed by atoms with Crippen molar-refractivity contribution in [3.05, 3.63) is 48.5 Å². The standard InChI is InChI=1S/C17H16F3NO6S2/c18-17(19,20)29(24,25)27-15-5-1-13(2-6-15)14-3-7-16(8-4-14)28(22,23)21-9-11-26-12-10-21/h1-8H,9-12H2. The molecule has 0 atom stereocenters. The number of morpholine rings is 1. The summed E-state index contributed by atoms with van der Waals surface area (Å²) in [5.41, 5.74) is -4.39. The van der Waals surface area contributed by atoms with E-state index in [9.17, 15) is 30.0 Å². The minimum absolute atomic E-state index is 0.111. The van der Waals surface area contributed by atoms with Crippen molar-refractivity contribution in [2.24, 2.45) is 0 Å². The Morgan fingerprint density at radius 1 is 0.828 bits per heavy atom. The summed E-state index contributed by atoms with van der Waals surface area (Å²) in [4.78, 5) is 0.111. The number of nitrogens with zero attached hydrogens (tertiary/aromatic N) is 1. The van der Waals surface area contributed by atoms with Crippen LogP contribution in [-0.4, -0.2) is 53.0 Å². The number of halogens is 3. The molecule has 29 heavy (non-hydrogen) atoms. The lowest BCUT2D eigenvalue weighted by atomic mass is 10.1. The molecular formula is C17H16F3NO6S2. The van der Waals surface area contributed by atoms with Gasteiger partial charge in [0.25, 0.3) is 0 Å². The van der Waals surface area contributed by atoms with E-state index in [1.54, 1.807) is 12.1 Å². The van der Waals surface area contributed by atoms with Crippen LogP contribution in [0.3, 0.4) is 0 Å². The third-order valence-electron chi connectivity index (χ3n) is 4.14. The Morgan fingerprint density at radius 3 is 1.79 bits per heavy atom. The molecule has 1 fully saturated rings. The largest absolute Gasteiger partial charge is 0.534 e. The highest BCUT2D eigenvalue weighted by Gasteiger charge is 2.48. The molecule has 0 saturated carbocycles. The number of hydrogen-bond donors (Lipinski definition) is 0. The van der Waals surface area contributed by atoms with Gasteiger partial charge in [-0.05, 0) is 35.4 Å². The van der Waals surface area contributed by atoms with Crippen LogP contribution in [0.2, 0.25) is 0 Å². The van der Waals surface area contributed by atoms with Gasteiger partial charge in [0.2, 0.25) is 10.0 Å². The minimum atomic E-state index is -5.74. The van der Waals surface area contributed by atoms with Crippen LogP contribution < -0.4 is 4.18 Å². The van der Waals surface area contributed by atoms with Gasteiger partial charge in [-0.1, -0.05) is 24.3 Å².